The molecule has 2 rings (SSSR count). The number of amides is 1. The molecule has 3 N–H and O–H groups in total. The van der Waals surface area contributed by atoms with E-state index in [4.69, 9.17) is 5.84 Å². The number of carbonyl (C=O) groups excluding carboxylic acids is 1. The van der Waals surface area contributed by atoms with Crippen LogP contribution in [0, 0.1) is 10.1 Å². The minimum absolute atomic E-state index is 0.0228. The molecule has 7 nitrogen and oxygen atoms in total. The maximum Gasteiger partial charge on any atom is 0.294 e. The van der Waals surface area contributed by atoms with Gasteiger partial charge in [-0.25, -0.2) is 5.84 Å². The number of hydrazine groups is 1. The lowest BCUT2D eigenvalue weighted by Gasteiger charge is -2.02. The van der Waals surface area contributed by atoms with Crippen LogP contribution in [0.4, 0.5) is 5.69 Å². The summed E-state index contributed by atoms with van der Waals surface area (Å²) in [4.78, 5) is 21.6. The maximum absolute atomic E-state index is 11.2. The lowest BCUT2D eigenvalue weighted by Crippen LogP contribution is -2.33. The molecule has 1 amide bonds. The SMILES string of the molecule is NNC(=O)Cn1cc([N+](=O)[O-])c2ccccc21. The molecule has 0 unspecified atom stereocenters. The summed E-state index contributed by atoms with van der Waals surface area (Å²) in [6.45, 7) is -0.0507. The Kier molecular flexibility index (Phi) is 2.75. The van der Waals surface area contributed by atoms with Gasteiger partial charge >= 0.3 is 0 Å². The molecule has 0 aliphatic rings. The highest BCUT2D eigenvalue weighted by Crippen LogP contribution is 2.27. The fraction of sp³-hybridized carbons (Fsp3) is 0.100. The van der Waals surface area contributed by atoms with Crippen LogP contribution < -0.4 is 11.3 Å². The Labute approximate surface area is 95.9 Å². The van der Waals surface area contributed by atoms with E-state index in [1.807, 2.05) is 5.43 Å². The van der Waals surface area contributed by atoms with Crippen LogP contribution in [-0.2, 0) is 11.3 Å². The van der Waals surface area contributed by atoms with Crippen LogP contribution in [0.1, 0.15) is 0 Å². The summed E-state index contributed by atoms with van der Waals surface area (Å²) in [6.07, 6.45) is 1.33. The average molecular weight is 234 g/mol. The first-order valence-corrected chi connectivity index (χ1v) is 4.85. The topological polar surface area (TPSA) is 103 Å². The van der Waals surface area contributed by atoms with E-state index in [9.17, 15) is 14.9 Å². The molecule has 0 aliphatic heterocycles. The number of hydrogen-bond acceptors (Lipinski definition) is 4. The van der Waals surface area contributed by atoms with E-state index in [-0.39, 0.29) is 12.2 Å². The van der Waals surface area contributed by atoms with Crippen LogP contribution in [0.5, 0.6) is 0 Å². The molecule has 0 radical (unpaired) electrons. The summed E-state index contributed by atoms with van der Waals surface area (Å²) in [5.74, 6) is 4.57. The molecule has 0 saturated heterocycles. The highest BCUT2D eigenvalue weighted by molar-refractivity contribution is 5.90. The van der Waals surface area contributed by atoms with Crippen molar-refractivity contribution in [3.05, 3.63) is 40.6 Å². The van der Waals surface area contributed by atoms with E-state index in [0.717, 1.165) is 0 Å². The number of nitrogens with zero attached hydrogens (tertiary/aromatic N) is 2. The van der Waals surface area contributed by atoms with Crippen molar-refractivity contribution >= 4 is 22.5 Å². The standard InChI is InChI=1S/C10H10N4O3/c11-12-10(15)6-13-5-9(14(16)17)7-3-1-2-4-8(7)13/h1-5H,6,11H2,(H,12,15). The first kappa shape index (κ1) is 11.1. The van der Waals surface area contributed by atoms with Gasteiger partial charge in [0.15, 0.2) is 0 Å². The summed E-state index contributed by atoms with van der Waals surface area (Å²) in [6, 6.07) is 6.82. The van der Waals surface area contributed by atoms with Gasteiger partial charge in [0.2, 0.25) is 0 Å². The number of benzene rings is 1. The average Bonchev–Trinajstić information content (AvgIpc) is 2.68. The van der Waals surface area contributed by atoms with E-state index >= 15 is 0 Å². The van der Waals surface area contributed by atoms with Gasteiger partial charge in [0, 0.05) is 0 Å². The van der Waals surface area contributed by atoms with Gasteiger partial charge < -0.3 is 4.57 Å². The van der Waals surface area contributed by atoms with Gasteiger partial charge in [0.05, 0.1) is 22.0 Å². The van der Waals surface area contributed by atoms with Gasteiger partial charge in [-0.1, -0.05) is 12.1 Å². The van der Waals surface area contributed by atoms with Crippen molar-refractivity contribution in [2.75, 3.05) is 0 Å². The summed E-state index contributed by atoms with van der Waals surface area (Å²) in [7, 11) is 0. The first-order chi connectivity index (χ1) is 8.13. The Morgan fingerprint density at radius 3 is 2.82 bits per heavy atom. The van der Waals surface area contributed by atoms with Gasteiger partial charge in [-0.2, -0.15) is 0 Å². The summed E-state index contributed by atoms with van der Waals surface area (Å²) < 4.78 is 1.50. The van der Waals surface area contributed by atoms with Crippen molar-refractivity contribution in [1.29, 1.82) is 0 Å². The Hall–Kier alpha value is -2.41. The predicted molar refractivity (Wildman–Crippen MR) is 60.9 cm³/mol. The zero-order chi connectivity index (χ0) is 12.4. The van der Waals surface area contributed by atoms with Gasteiger partial charge in [0.25, 0.3) is 11.6 Å². The summed E-state index contributed by atoms with van der Waals surface area (Å²) >= 11 is 0. The zero-order valence-corrected chi connectivity index (χ0v) is 8.79. The molecule has 0 spiro atoms. The van der Waals surface area contributed by atoms with Crippen LogP contribution in [-0.4, -0.2) is 15.4 Å². The Morgan fingerprint density at radius 2 is 2.18 bits per heavy atom. The third-order valence-corrected chi connectivity index (χ3v) is 2.44. The molecule has 0 atom stereocenters. The van der Waals surface area contributed by atoms with E-state index < -0.39 is 10.8 Å². The fourth-order valence-electron chi connectivity index (χ4n) is 1.70. The van der Waals surface area contributed by atoms with Gasteiger partial charge in [-0.05, 0) is 12.1 Å². The van der Waals surface area contributed by atoms with Crippen LogP contribution >= 0.6 is 0 Å². The molecule has 1 heterocycles. The maximum atomic E-state index is 11.2. The number of nitro groups is 1. The van der Waals surface area contributed by atoms with Crippen molar-refractivity contribution in [2.45, 2.75) is 6.54 Å². The Bertz CT molecular complexity index is 590. The molecule has 7 heteroatoms. The van der Waals surface area contributed by atoms with Crippen molar-refractivity contribution in [2.24, 2.45) is 5.84 Å². The van der Waals surface area contributed by atoms with Crippen LogP contribution in [0.25, 0.3) is 10.9 Å². The molecule has 1 aromatic carbocycles. The summed E-state index contributed by atoms with van der Waals surface area (Å²) in [5.41, 5.74) is 2.59. The van der Waals surface area contributed by atoms with Gasteiger partial charge in [-0.15, -0.1) is 0 Å². The number of para-hydroxylation sites is 1. The Morgan fingerprint density at radius 1 is 1.47 bits per heavy atom. The third kappa shape index (κ3) is 1.95. The molecule has 1 aromatic heterocycles. The molecule has 0 saturated carbocycles. The molecule has 0 fully saturated rings. The predicted octanol–water partition coefficient (Wildman–Crippen LogP) is 0.539. The largest absolute Gasteiger partial charge is 0.332 e. The first-order valence-electron chi connectivity index (χ1n) is 4.85. The second-order valence-electron chi connectivity index (χ2n) is 3.48. The highest BCUT2D eigenvalue weighted by atomic mass is 16.6. The van der Waals surface area contributed by atoms with Crippen molar-refractivity contribution in [3.63, 3.8) is 0 Å². The van der Waals surface area contributed by atoms with Gasteiger partial charge in [-0.3, -0.25) is 20.3 Å². The monoisotopic (exact) mass is 234 g/mol. The van der Waals surface area contributed by atoms with E-state index in [1.165, 1.54) is 10.8 Å². The van der Waals surface area contributed by atoms with Crippen LogP contribution in [0.15, 0.2) is 30.5 Å². The van der Waals surface area contributed by atoms with Crippen molar-refractivity contribution < 1.29 is 9.72 Å². The number of hydrogen-bond donors (Lipinski definition) is 2. The zero-order valence-electron chi connectivity index (χ0n) is 8.79. The van der Waals surface area contributed by atoms with E-state index in [1.54, 1.807) is 24.3 Å². The number of carbonyl (C=O) groups is 1. The van der Waals surface area contributed by atoms with Crippen molar-refractivity contribution in [3.8, 4) is 0 Å². The normalized spacial score (nSPS) is 10.4. The molecule has 17 heavy (non-hydrogen) atoms. The number of aromatic nitrogens is 1. The smallest absolute Gasteiger partial charge is 0.294 e. The molecule has 0 aliphatic carbocycles. The van der Waals surface area contributed by atoms with Crippen LogP contribution in [0.2, 0.25) is 0 Å². The second-order valence-corrected chi connectivity index (χ2v) is 3.48. The quantitative estimate of drug-likeness (QED) is 0.350. The number of fused-ring (bicyclic) bond motifs is 1. The third-order valence-electron chi connectivity index (χ3n) is 2.44. The lowest BCUT2D eigenvalue weighted by molar-refractivity contribution is -0.383. The van der Waals surface area contributed by atoms with E-state index in [2.05, 4.69) is 0 Å². The number of rotatable bonds is 3. The lowest BCUT2D eigenvalue weighted by atomic mass is 10.2. The molecule has 0 bridgehead atoms. The molecular formula is C10H10N4O3. The van der Waals surface area contributed by atoms with Crippen molar-refractivity contribution in [1.82, 2.24) is 9.99 Å². The minimum Gasteiger partial charge on any atom is -0.332 e. The Balaban J connectivity index is 2.56. The fourth-order valence-corrected chi connectivity index (χ4v) is 1.70. The van der Waals surface area contributed by atoms with Gasteiger partial charge in [0.1, 0.15) is 6.54 Å². The summed E-state index contributed by atoms with van der Waals surface area (Å²) in [5, 5.41) is 11.4. The van der Waals surface area contributed by atoms with Crippen LogP contribution in [0.3, 0.4) is 0 Å². The number of nitrogens with one attached hydrogen (secondary N) is 1. The molecule has 88 valence electrons. The molecule has 2 aromatic rings. The molecular weight excluding hydrogens is 224 g/mol. The van der Waals surface area contributed by atoms with E-state index in [0.29, 0.717) is 10.9 Å². The second kappa shape index (κ2) is 4.22. The number of nitrogens with two attached hydrogens (primary N) is 1. The minimum atomic E-state index is -0.473. The highest BCUT2D eigenvalue weighted by Gasteiger charge is 2.17.